The maximum absolute atomic E-state index is 10.8. The average molecular weight is 278 g/mol. The molecule has 0 spiro atoms. The van der Waals surface area contributed by atoms with Crippen molar-refractivity contribution < 1.29 is 9.90 Å². The number of hydrogen-bond donors (Lipinski definition) is 2. The number of carbonyl (C=O) groups is 1. The zero-order valence-electron chi connectivity index (χ0n) is 10.8. The highest BCUT2D eigenvalue weighted by atomic mass is 32.1. The molecule has 0 saturated carbocycles. The van der Waals surface area contributed by atoms with Crippen molar-refractivity contribution in [3.63, 3.8) is 0 Å². The van der Waals surface area contributed by atoms with E-state index in [0.29, 0.717) is 10.9 Å². The summed E-state index contributed by atoms with van der Waals surface area (Å²) in [7, 11) is 0. The van der Waals surface area contributed by atoms with Gasteiger partial charge in [-0.1, -0.05) is 20.8 Å². The number of rotatable bonds is 3. The van der Waals surface area contributed by atoms with Crippen LogP contribution in [0.15, 0.2) is 17.8 Å². The van der Waals surface area contributed by atoms with Crippen molar-refractivity contribution in [2.24, 2.45) is 0 Å². The van der Waals surface area contributed by atoms with Gasteiger partial charge in [0.1, 0.15) is 0 Å². The lowest BCUT2D eigenvalue weighted by Gasteiger charge is -2.14. The van der Waals surface area contributed by atoms with Crippen LogP contribution >= 0.6 is 11.3 Å². The standard InChI is InChI=1S/C12H14N4O2S/c1-12(2,3)8-6-19-11(15-8)16-9-5-13-4-7(14-9)10(17)18/h4-6H,1-3H3,(H,17,18)(H,14,15,16). The molecule has 2 heterocycles. The summed E-state index contributed by atoms with van der Waals surface area (Å²) in [5.41, 5.74) is 0.852. The normalized spacial score (nSPS) is 11.3. The van der Waals surface area contributed by atoms with E-state index in [-0.39, 0.29) is 11.1 Å². The maximum atomic E-state index is 10.8. The zero-order chi connectivity index (χ0) is 14.0. The Morgan fingerprint density at radius 2 is 2.05 bits per heavy atom. The Hall–Kier alpha value is -2.02. The van der Waals surface area contributed by atoms with Gasteiger partial charge in [0.25, 0.3) is 0 Å². The number of aromatic carboxylic acids is 1. The van der Waals surface area contributed by atoms with E-state index in [9.17, 15) is 4.79 Å². The third-order valence-electron chi connectivity index (χ3n) is 2.36. The lowest BCUT2D eigenvalue weighted by Crippen LogP contribution is -2.11. The van der Waals surface area contributed by atoms with Crippen LogP contribution in [0.4, 0.5) is 10.9 Å². The molecule has 2 aromatic heterocycles. The number of nitrogens with zero attached hydrogens (tertiary/aromatic N) is 3. The SMILES string of the molecule is CC(C)(C)c1csc(Nc2cncc(C(=O)O)n2)n1. The number of carboxylic acid groups (broad SMARTS) is 1. The van der Waals surface area contributed by atoms with E-state index in [0.717, 1.165) is 5.69 Å². The van der Waals surface area contributed by atoms with Crippen molar-refractivity contribution >= 4 is 28.3 Å². The molecule has 0 aliphatic carbocycles. The van der Waals surface area contributed by atoms with Crippen molar-refractivity contribution in [3.05, 3.63) is 29.2 Å². The fourth-order valence-corrected chi connectivity index (χ4v) is 2.26. The van der Waals surface area contributed by atoms with E-state index < -0.39 is 5.97 Å². The van der Waals surface area contributed by atoms with E-state index in [1.165, 1.54) is 23.7 Å². The first kappa shape index (κ1) is 13.4. The van der Waals surface area contributed by atoms with Gasteiger partial charge in [-0.2, -0.15) is 0 Å². The van der Waals surface area contributed by atoms with Crippen LogP contribution in [-0.2, 0) is 5.41 Å². The Kier molecular flexibility index (Phi) is 3.48. The van der Waals surface area contributed by atoms with Gasteiger partial charge in [0, 0.05) is 10.8 Å². The second-order valence-electron chi connectivity index (χ2n) is 5.01. The fourth-order valence-electron chi connectivity index (χ4n) is 1.31. The van der Waals surface area contributed by atoms with Crippen LogP contribution in [0.3, 0.4) is 0 Å². The van der Waals surface area contributed by atoms with E-state index in [1.54, 1.807) is 0 Å². The molecule has 2 aromatic rings. The highest BCUT2D eigenvalue weighted by molar-refractivity contribution is 7.13. The van der Waals surface area contributed by atoms with Crippen molar-refractivity contribution in [1.82, 2.24) is 15.0 Å². The predicted octanol–water partition coefficient (Wildman–Crippen LogP) is 2.67. The highest BCUT2D eigenvalue weighted by Crippen LogP contribution is 2.27. The van der Waals surface area contributed by atoms with Crippen molar-refractivity contribution in [2.75, 3.05) is 5.32 Å². The smallest absolute Gasteiger partial charge is 0.356 e. The van der Waals surface area contributed by atoms with Gasteiger partial charge in [0.2, 0.25) is 0 Å². The molecule has 0 unspecified atom stereocenters. The Morgan fingerprint density at radius 1 is 1.32 bits per heavy atom. The largest absolute Gasteiger partial charge is 0.476 e. The van der Waals surface area contributed by atoms with Crippen LogP contribution < -0.4 is 5.32 Å². The first-order valence-corrected chi connectivity index (χ1v) is 6.52. The summed E-state index contributed by atoms with van der Waals surface area (Å²) >= 11 is 1.45. The number of carboxylic acids is 1. The molecule has 6 nitrogen and oxygen atoms in total. The Labute approximate surface area is 114 Å². The van der Waals surface area contributed by atoms with Gasteiger partial charge in [0.05, 0.1) is 18.1 Å². The lowest BCUT2D eigenvalue weighted by atomic mass is 9.93. The summed E-state index contributed by atoms with van der Waals surface area (Å²) in [5.74, 6) is -0.736. The quantitative estimate of drug-likeness (QED) is 0.897. The van der Waals surface area contributed by atoms with Crippen LogP contribution in [0.2, 0.25) is 0 Å². The average Bonchev–Trinajstić information content (AvgIpc) is 2.77. The van der Waals surface area contributed by atoms with E-state index in [1.807, 2.05) is 5.38 Å². The monoisotopic (exact) mass is 278 g/mol. The molecule has 2 rings (SSSR count). The third kappa shape index (κ3) is 3.25. The van der Waals surface area contributed by atoms with Crippen molar-refractivity contribution in [1.29, 1.82) is 0 Å². The highest BCUT2D eigenvalue weighted by Gasteiger charge is 2.17. The van der Waals surface area contributed by atoms with Gasteiger partial charge < -0.3 is 10.4 Å². The molecule has 0 aromatic carbocycles. The number of aromatic nitrogens is 3. The van der Waals surface area contributed by atoms with Crippen LogP contribution in [-0.4, -0.2) is 26.0 Å². The fraction of sp³-hybridized carbons (Fsp3) is 0.333. The van der Waals surface area contributed by atoms with Gasteiger partial charge in [-0.15, -0.1) is 11.3 Å². The molecule has 0 aliphatic heterocycles. The molecule has 0 bridgehead atoms. The Morgan fingerprint density at radius 3 is 2.63 bits per heavy atom. The summed E-state index contributed by atoms with van der Waals surface area (Å²) in [4.78, 5) is 23.0. The molecule has 0 atom stereocenters. The second kappa shape index (κ2) is 4.93. The van der Waals surface area contributed by atoms with Gasteiger partial charge in [0.15, 0.2) is 16.6 Å². The molecule has 2 N–H and O–H groups in total. The number of hydrogen-bond acceptors (Lipinski definition) is 6. The second-order valence-corrected chi connectivity index (χ2v) is 5.87. The molecule has 0 fully saturated rings. The predicted molar refractivity (Wildman–Crippen MR) is 73.1 cm³/mol. The van der Waals surface area contributed by atoms with Gasteiger partial charge in [-0.05, 0) is 0 Å². The maximum Gasteiger partial charge on any atom is 0.356 e. The minimum atomic E-state index is -1.11. The van der Waals surface area contributed by atoms with E-state index >= 15 is 0 Å². The molecule has 0 amide bonds. The molecule has 7 heteroatoms. The summed E-state index contributed by atoms with van der Waals surface area (Å²) < 4.78 is 0. The first-order valence-electron chi connectivity index (χ1n) is 5.64. The van der Waals surface area contributed by atoms with Gasteiger partial charge in [-0.25, -0.2) is 14.8 Å². The third-order valence-corrected chi connectivity index (χ3v) is 3.12. The molecule has 100 valence electrons. The Bertz CT molecular complexity index is 604. The molecule has 0 radical (unpaired) electrons. The minimum Gasteiger partial charge on any atom is -0.476 e. The van der Waals surface area contributed by atoms with Crippen LogP contribution in [0.1, 0.15) is 37.0 Å². The van der Waals surface area contributed by atoms with Gasteiger partial charge in [-0.3, -0.25) is 4.98 Å². The summed E-state index contributed by atoms with van der Waals surface area (Å²) in [6.07, 6.45) is 2.67. The molecule has 19 heavy (non-hydrogen) atoms. The van der Waals surface area contributed by atoms with Crippen molar-refractivity contribution in [2.45, 2.75) is 26.2 Å². The lowest BCUT2D eigenvalue weighted by molar-refractivity contribution is 0.0690. The molecular formula is C12H14N4O2S. The van der Waals surface area contributed by atoms with E-state index in [2.05, 4.69) is 41.0 Å². The van der Waals surface area contributed by atoms with Gasteiger partial charge >= 0.3 is 5.97 Å². The summed E-state index contributed by atoms with van der Waals surface area (Å²) in [5, 5.41) is 14.4. The molecule has 0 saturated heterocycles. The van der Waals surface area contributed by atoms with E-state index in [4.69, 9.17) is 5.11 Å². The van der Waals surface area contributed by atoms with Crippen LogP contribution in [0.25, 0.3) is 0 Å². The molecular weight excluding hydrogens is 264 g/mol. The minimum absolute atomic E-state index is 0.0228. The number of nitrogens with one attached hydrogen (secondary N) is 1. The number of anilines is 2. The van der Waals surface area contributed by atoms with Crippen LogP contribution in [0.5, 0.6) is 0 Å². The summed E-state index contributed by atoms with van der Waals surface area (Å²) in [6, 6.07) is 0. The Balaban J connectivity index is 2.19. The molecule has 0 aliphatic rings. The van der Waals surface area contributed by atoms with Crippen LogP contribution in [0, 0.1) is 0 Å². The zero-order valence-corrected chi connectivity index (χ0v) is 11.7. The first-order chi connectivity index (χ1) is 8.86. The van der Waals surface area contributed by atoms with Crippen molar-refractivity contribution in [3.8, 4) is 0 Å². The topological polar surface area (TPSA) is 88.0 Å². The summed E-state index contributed by atoms with van der Waals surface area (Å²) in [6.45, 7) is 6.24. The number of thiazole rings is 1.